The summed E-state index contributed by atoms with van der Waals surface area (Å²) in [7, 11) is 1.19. The van der Waals surface area contributed by atoms with Gasteiger partial charge in [0.05, 0.1) is 7.11 Å². The van der Waals surface area contributed by atoms with Crippen molar-refractivity contribution in [3.63, 3.8) is 0 Å². The van der Waals surface area contributed by atoms with E-state index >= 15 is 0 Å². The molecule has 0 saturated heterocycles. The molecule has 32 heavy (non-hydrogen) atoms. The van der Waals surface area contributed by atoms with E-state index in [1.54, 1.807) is 12.1 Å². The number of methoxy groups -OCH3 is 1. The lowest BCUT2D eigenvalue weighted by atomic mass is 9.96. The lowest BCUT2D eigenvalue weighted by Gasteiger charge is -2.10. The first kappa shape index (κ1) is 21.9. The second-order valence-corrected chi connectivity index (χ2v) is 8.02. The molecule has 0 radical (unpaired) electrons. The van der Waals surface area contributed by atoms with Gasteiger partial charge in [-0.1, -0.05) is 62.2 Å². The van der Waals surface area contributed by atoms with E-state index in [1.807, 2.05) is 18.2 Å². The highest BCUT2D eigenvalue weighted by atomic mass is 19.1. The van der Waals surface area contributed by atoms with E-state index in [-0.39, 0.29) is 11.1 Å². The summed E-state index contributed by atoms with van der Waals surface area (Å²) in [4.78, 5) is 0. The van der Waals surface area contributed by atoms with E-state index in [4.69, 9.17) is 4.74 Å². The molecule has 0 aromatic heterocycles. The topological polar surface area (TPSA) is 9.23 Å². The van der Waals surface area contributed by atoms with E-state index < -0.39 is 23.2 Å². The maximum Gasteiger partial charge on any atom is 0.190 e. The molecule has 164 valence electrons. The Morgan fingerprint density at radius 1 is 0.656 bits per heavy atom. The minimum Gasteiger partial charge on any atom is -0.491 e. The van der Waals surface area contributed by atoms with Crippen molar-refractivity contribution >= 4 is 10.8 Å². The first-order valence-electron chi connectivity index (χ1n) is 10.9. The van der Waals surface area contributed by atoms with Gasteiger partial charge < -0.3 is 4.74 Å². The monoisotopic (exact) mass is 434 g/mol. The summed E-state index contributed by atoms with van der Waals surface area (Å²) in [6, 6.07) is 19.4. The van der Waals surface area contributed by atoms with Gasteiger partial charge in [0, 0.05) is 5.56 Å². The predicted octanol–water partition coefficient (Wildman–Crippen LogP) is 8.33. The van der Waals surface area contributed by atoms with Crippen LogP contribution in [0.4, 0.5) is 13.2 Å². The standard InChI is InChI=1S/C28H25F3O/c1-3-4-5-6-18-7-8-20-14-21(10-9-19(20)13-18)22-11-12-24(25(29)15-22)23-16-26(30)28(32-2)27(31)17-23/h7-17H,3-6H2,1-2H3. The molecule has 4 aromatic carbocycles. The number of fused-ring (bicyclic) bond motifs is 1. The number of ether oxygens (including phenoxy) is 1. The number of hydrogen-bond donors (Lipinski definition) is 0. The van der Waals surface area contributed by atoms with Crippen LogP contribution in [0.1, 0.15) is 31.7 Å². The van der Waals surface area contributed by atoms with Crippen LogP contribution in [0.2, 0.25) is 0 Å². The molecule has 0 aliphatic heterocycles. The second-order valence-electron chi connectivity index (χ2n) is 8.02. The zero-order chi connectivity index (χ0) is 22.7. The van der Waals surface area contributed by atoms with Crippen LogP contribution >= 0.6 is 0 Å². The van der Waals surface area contributed by atoms with E-state index in [0.717, 1.165) is 34.9 Å². The highest BCUT2D eigenvalue weighted by Crippen LogP contribution is 2.33. The van der Waals surface area contributed by atoms with Crippen molar-refractivity contribution in [2.24, 2.45) is 0 Å². The Kier molecular flexibility index (Phi) is 6.50. The minimum absolute atomic E-state index is 0.124. The average molecular weight is 435 g/mol. The molecule has 0 saturated carbocycles. The smallest absolute Gasteiger partial charge is 0.190 e. The Bertz CT molecular complexity index is 1240. The van der Waals surface area contributed by atoms with E-state index in [0.29, 0.717) is 5.56 Å². The second kappa shape index (κ2) is 9.47. The lowest BCUT2D eigenvalue weighted by molar-refractivity contribution is 0.360. The van der Waals surface area contributed by atoms with E-state index in [1.165, 1.54) is 38.0 Å². The molecule has 0 heterocycles. The molecule has 0 fully saturated rings. The Hall–Kier alpha value is -3.27. The first-order valence-corrected chi connectivity index (χ1v) is 10.9. The molecule has 4 rings (SSSR count). The molecule has 0 amide bonds. The third-order valence-electron chi connectivity index (χ3n) is 5.79. The fourth-order valence-electron chi connectivity index (χ4n) is 4.05. The number of aryl methyl sites for hydroxylation is 1. The summed E-state index contributed by atoms with van der Waals surface area (Å²) >= 11 is 0. The molecule has 4 heteroatoms. The van der Waals surface area contributed by atoms with Crippen LogP contribution < -0.4 is 4.74 Å². The summed E-state index contributed by atoms with van der Waals surface area (Å²) in [5, 5.41) is 2.24. The van der Waals surface area contributed by atoms with Crippen molar-refractivity contribution < 1.29 is 17.9 Å². The molecule has 0 aliphatic carbocycles. The van der Waals surface area contributed by atoms with Gasteiger partial charge in [-0.15, -0.1) is 0 Å². The van der Waals surface area contributed by atoms with Gasteiger partial charge in [-0.3, -0.25) is 0 Å². The summed E-state index contributed by atoms with van der Waals surface area (Å²) in [5.41, 5.74) is 3.17. The SMILES string of the molecule is CCCCCc1ccc2cc(-c3ccc(-c4cc(F)c(OC)c(F)c4)c(F)c3)ccc2c1. The molecular weight excluding hydrogens is 409 g/mol. The minimum atomic E-state index is -0.866. The predicted molar refractivity (Wildman–Crippen MR) is 124 cm³/mol. The van der Waals surface area contributed by atoms with Gasteiger partial charge in [0.2, 0.25) is 0 Å². The fourth-order valence-corrected chi connectivity index (χ4v) is 4.05. The Morgan fingerprint density at radius 2 is 1.28 bits per heavy atom. The third-order valence-corrected chi connectivity index (χ3v) is 5.79. The number of hydrogen-bond acceptors (Lipinski definition) is 1. The van der Waals surface area contributed by atoms with Crippen molar-refractivity contribution in [3.8, 4) is 28.0 Å². The first-order chi connectivity index (χ1) is 15.5. The van der Waals surface area contributed by atoms with Gasteiger partial charge in [0.25, 0.3) is 0 Å². The third kappa shape index (κ3) is 4.50. The maximum absolute atomic E-state index is 14.9. The summed E-state index contributed by atoms with van der Waals surface area (Å²) in [6.45, 7) is 2.20. The van der Waals surface area contributed by atoms with Crippen LogP contribution in [0.25, 0.3) is 33.0 Å². The summed E-state index contributed by atoms with van der Waals surface area (Å²) in [5.74, 6) is -2.75. The number of unbranched alkanes of at least 4 members (excludes halogenated alkanes) is 2. The number of benzene rings is 4. The highest BCUT2D eigenvalue weighted by molar-refractivity contribution is 5.88. The Balaban J connectivity index is 1.63. The molecule has 0 bridgehead atoms. The number of halogens is 3. The fraction of sp³-hybridized carbons (Fsp3) is 0.214. The van der Waals surface area contributed by atoms with Gasteiger partial charge in [0.1, 0.15) is 5.82 Å². The van der Waals surface area contributed by atoms with Crippen LogP contribution in [-0.4, -0.2) is 7.11 Å². The van der Waals surface area contributed by atoms with Crippen LogP contribution in [-0.2, 0) is 6.42 Å². The summed E-state index contributed by atoms with van der Waals surface area (Å²) in [6.07, 6.45) is 4.70. The molecular formula is C28H25F3O. The van der Waals surface area contributed by atoms with Gasteiger partial charge in [-0.05, 0) is 70.1 Å². The van der Waals surface area contributed by atoms with Gasteiger partial charge in [0.15, 0.2) is 17.4 Å². The quantitative estimate of drug-likeness (QED) is 0.266. The van der Waals surface area contributed by atoms with Gasteiger partial charge in [-0.25, -0.2) is 13.2 Å². The Labute approximate surface area is 186 Å². The molecule has 0 unspecified atom stereocenters. The zero-order valence-corrected chi connectivity index (χ0v) is 18.2. The summed E-state index contributed by atoms with van der Waals surface area (Å²) < 4.78 is 47.7. The molecule has 1 nitrogen and oxygen atoms in total. The maximum atomic E-state index is 14.9. The van der Waals surface area contributed by atoms with Crippen LogP contribution in [0.15, 0.2) is 66.7 Å². The average Bonchev–Trinajstić information content (AvgIpc) is 2.78. The lowest BCUT2D eigenvalue weighted by Crippen LogP contribution is -1.95. The molecule has 0 N–H and O–H groups in total. The van der Waals surface area contributed by atoms with Crippen LogP contribution in [0.5, 0.6) is 5.75 Å². The van der Waals surface area contributed by atoms with Crippen molar-refractivity contribution in [1.29, 1.82) is 0 Å². The molecule has 0 aliphatic rings. The van der Waals surface area contributed by atoms with Crippen LogP contribution in [0, 0.1) is 17.5 Å². The van der Waals surface area contributed by atoms with Crippen LogP contribution in [0.3, 0.4) is 0 Å². The molecule has 0 atom stereocenters. The Morgan fingerprint density at radius 3 is 1.97 bits per heavy atom. The molecule has 0 spiro atoms. The van der Waals surface area contributed by atoms with Crippen molar-refractivity contribution in [1.82, 2.24) is 0 Å². The van der Waals surface area contributed by atoms with Crippen molar-refractivity contribution in [2.75, 3.05) is 7.11 Å². The van der Waals surface area contributed by atoms with E-state index in [2.05, 4.69) is 25.1 Å². The van der Waals surface area contributed by atoms with Crippen molar-refractivity contribution in [3.05, 3.63) is 89.7 Å². The van der Waals surface area contributed by atoms with Gasteiger partial charge >= 0.3 is 0 Å². The van der Waals surface area contributed by atoms with E-state index in [9.17, 15) is 13.2 Å². The van der Waals surface area contributed by atoms with Gasteiger partial charge in [-0.2, -0.15) is 0 Å². The molecule has 4 aromatic rings. The highest BCUT2D eigenvalue weighted by Gasteiger charge is 2.15. The largest absolute Gasteiger partial charge is 0.491 e. The number of rotatable bonds is 7. The van der Waals surface area contributed by atoms with Crippen molar-refractivity contribution in [2.45, 2.75) is 32.6 Å². The zero-order valence-electron chi connectivity index (χ0n) is 18.2. The normalized spacial score (nSPS) is 11.2.